The standard InChI is InChI=1S/C33H26ClN5OS/c34-31-27(26-9-5-4-6-20(26)18-30(31)41-25-7-2-1-3-8-25)19-39-28-17-22(32(36)37)11-10-21(28)16-29(39)33(40)38-24-14-12-23(35)13-15-24/h1-18H,19,35H2,(H3,36,37)(H,38,40). The summed E-state index contributed by atoms with van der Waals surface area (Å²) in [5, 5.41) is 14.5. The highest BCUT2D eigenvalue weighted by atomic mass is 35.5. The van der Waals surface area contributed by atoms with Crippen molar-refractivity contribution >= 4 is 68.2 Å². The molecule has 0 saturated carbocycles. The Balaban J connectivity index is 1.51. The lowest BCUT2D eigenvalue weighted by Crippen LogP contribution is -2.18. The van der Waals surface area contributed by atoms with Crippen LogP contribution in [-0.4, -0.2) is 16.3 Å². The summed E-state index contributed by atoms with van der Waals surface area (Å²) in [7, 11) is 0. The monoisotopic (exact) mass is 575 g/mol. The number of fused-ring (bicyclic) bond motifs is 2. The molecule has 8 heteroatoms. The predicted molar refractivity (Wildman–Crippen MR) is 170 cm³/mol. The Kier molecular flexibility index (Phi) is 7.14. The van der Waals surface area contributed by atoms with Crippen molar-refractivity contribution in [1.29, 1.82) is 5.41 Å². The van der Waals surface area contributed by atoms with Gasteiger partial charge in [0.1, 0.15) is 11.5 Å². The third-order valence-electron chi connectivity index (χ3n) is 6.96. The van der Waals surface area contributed by atoms with E-state index in [0.29, 0.717) is 34.2 Å². The van der Waals surface area contributed by atoms with Crippen molar-refractivity contribution in [2.75, 3.05) is 11.1 Å². The van der Waals surface area contributed by atoms with Crippen LogP contribution in [0, 0.1) is 5.41 Å². The summed E-state index contributed by atoms with van der Waals surface area (Å²) >= 11 is 8.77. The molecule has 41 heavy (non-hydrogen) atoms. The Labute approximate surface area is 246 Å². The molecule has 6 nitrogen and oxygen atoms in total. The Hall–Kier alpha value is -4.72. The molecule has 0 bridgehead atoms. The van der Waals surface area contributed by atoms with Crippen molar-refractivity contribution in [1.82, 2.24) is 4.57 Å². The molecule has 0 spiro atoms. The maximum absolute atomic E-state index is 13.7. The third-order valence-corrected chi connectivity index (χ3v) is 8.55. The highest BCUT2D eigenvalue weighted by Crippen LogP contribution is 2.40. The van der Waals surface area contributed by atoms with Crippen LogP contribution in [0.4, 0.5) is 11.4 Å². The number of carbonyl (C=O) groups excluding carboxylic acids is 1. The topological polar surface area (TPSA) is 110 Å². The van der Waals surface area contributed by atoms with E-state index in [2.05, 4.69) is 29.6 Å². The third kappa shape index (κ3) is 5.37. The van der Waals surface area contributed by atoms with Gasteiger partial charge in [-0.3, -0.25) is 10.2 Å². The molecule has 0 fully saturated rings. The maximum Gasteiger partial charge on any atom is 0.272 e. The van der Waals surface area contributed by atoms with E-state index in [1.165, 1.54) is 0 Å². The minimum Gasteiger partial charge on any atom is -0.399 e. The zero-order valence-electron chi connectivity index (χ0n) is 21.9. The van der Waals surface area contributed by atoms with Gasteiger partial charge in [0, 0.05) is 37.6 Å². The molecule has 202 valence electrons. The summed E-state index contributed by atoms with van der Waals surface area (Å²) in [4.78, 5) is 15.7. The van der Waals surface area contributed by atoms with E-state index in [1.807, 2.05) is 59.2 Å². The van der Waals surface area contributed by atoms with Gasteiger partial charge >= 0.3 is 0 Å². The molecule has 0 aliphatic rings. The Morgan fingerprint density at radius 1 is 0.878 bits per heavy atom. The zero-order valence-corrected chi connectivity index (χ0v) is 23.5. The molecular weight excluding hydrogens is 550 g/mol. The molecule has 0 saturated heterocycles. The van der Waals surface area contributed by atoms with Crippen LogP contribution >= 0.6 is 23.4 Å². The second-order valence-electron chi connectivity index (χ2n) is 9.68. The summed E-state index contributed by atoms with van der Waals surface area (Å²) in [6.45, 7) is 0.331. The Morgan fingerprint density at radius 2 is 1.61 bits per heavy atom. The van der Waals surface area contributed by atoms with Gasteiger partial charge in [-0.25, -0.2) is 0 Å². The molecule has 0 unspecified atom stereocenters. The maximum atomic E-state index is 13.7. The second-order valence-corrected chi connectivity index (χ2v) is 11.2. The normalized spacial score (nSPS) is 11.1. The quantitative estimate of drug-likeness (QED) is 0.0885. The molecule has 0 radical (unpaired) electrons. The molecular formula is C33H26ClN5OS. The fraction of sp³-hybridized carbons (Fsp3) is 0.0303. The van der Waals surface area contributed by atoms with Crippen LogP contribution in [0.2, 0.25) is 5.02 Å². The van der Waals surface area contributed by atoms with Crippen molar-refractivity contribution in [3.63, 3.8) is 0 Å². The fourth-order valence-corrected chi connectivity index (χ4v) is 6.19. The molecule has 6 aromatic rings. The SMILES string of the molecule is N=C(N)c1ccc2cc(C(=O)Nc3ccc(N)cc3)n(Cc3c(Cl)c(Sc4ccccc4)cc4ccccc34)c2c1. The van der Waals surface area contributed by atoms with E-state index < -0.39 is 0 Å². The number of hydrogen-bond donors (Lipinski definition) is 4. The van der Waals surface area contributed by atoms with Crippen LogP contribution in [0.3, 0.4) is 0 Å². The van der Waals surface area contributed by atoms with Crippen molar-refractivity contribution in [2.45, 2.75) is 16.3 Å². The molecule has 6 rings (SSSR count). The first-order valence-electron chi connectivity index (χ1n) is 12.9. The minimum absolute atomic E-state index is 0.0442. The van der Waals surface area contributed by atoms with Crippen molar-refractivity contribution in [3.05, 3.63) is 131 Å². The lowest BCUT2D eigenvalue weighted by Gasteiger charge is -2.17. The average molecular weight is 576 g/mol. The van der Waals surface area contributed by atoms with E-state index >= 15 is 0 Å². The van der Waals surface area contributed by atoms with Crippen LogP contribution in [-0.2, 0) is 6.54 Å². The van der Waals surface area contributed by atoms with Gasteiger partial charge in [-0.05, 0) is 70.9 Å². The summed E-state index contributed by atoms with van der Waals surface area (Å²) in [6.07, 6.45) is 0. The molecule has 6 N–H and O–H groups in total. The molecule has 5 aromatic carbocycles. The largest absolute Gasteiger partial charge is 0.399 e. The number of halogens is 1. The summed E-state index contributed by atoms with van der Waals surface area (Å²) in [5.41, 5.74) is 15.6. The summed E-state index contributed by atoms with van der Waals surface area (Å²) < 4.78 is 1.94. The molecule has 0 aliphatic carbocycles. The van der Waals surface area contributed by atoms with Crippen LogP contribution < -0.4 is 16.8 Å². The number of amides is 1. The van der Waals surface area contributed by atoms with Gasteiger partial charge in [0.15, 0.2) is 0 Å². The summed E-state index contributed by atoms with van der Waals surface area (Å²) in [5.74, 6) is -0.317. The number of aromatic nitrogens is 1. The number of amidine groups is 1. The number of benzene rings is 5. The number of anilines is 2. The number of carbonyl (C=O) groups is 1. The smallest absolute Gasteiger partial charge is 0.272 e. The van der Waals surface area contributed by atoms with Crippen molar-refractivity contribution < 1.29 is 4.79 Å². The number of nitrogens with zero attached hydrogens (tertiary/aromatic N) is 1. The van der Waals surface area contributed by atoms with Gasteiger partial charge in [-0.2, -0.15) is 0 Å². The van der Waals surface area contributed by atoms with E-state index in [1.54, 1.807) is 42.1 Å². The number of nitrogens with two attached hydrogens (primary N) is 2. The molecule has 0 atom stereocenters. The Bertz CT molecular complexity index is 1930. The van der Waals surface area contributed by atoms with Crippen LogP contribution in [0.25, 0.3) is 21.7 Å². The van der Waals surface area contributed by atoms with Gasteiger partial charge < -0.3 is 21.4 Å². The minimum atomic E-state index is -0.273. The van der Waals surface area contributed by atoms with Gasteiger partial charge in [0.2, 0.25) is 0 Å². The number of nitrogens with one attached hydrogen (secondary N) is 2. The van der Waals surface area contributed by atoms with Gasteiger partial charge in [-0.15, -0.1) is 0 Å². The predicted octanol–water partition coefficient (Wildman–Crippen LogP) is 7.77. The molecule has 1 heterocycles. The van der Waals surface area contributed by atoms with E-state index in [4.69, 9.17) is 28.5 Å². The van der Waals surface area contributed by atoms with Crippen molar-refractivity contribution in [2.24, 2.45) is 5.73 Å². The number of hydrogen-bond acceptors (Lipinski definition) is 4. The van der Waals surface area contributed by atoms with E-state index in [0.717, 1.165) is 37.0 Å². The first-order chi connectivity index (χ1) is 19.9. The average Bonchev–Trinajstić information content (AvgIpc) is 3.34. The first-order valence-corrected chi connectivity index (χ1v) is 14.1. The zero-order chi connectivity index (χ0) is 28.5. The molecule has 1 amide bonds. The fourth-order valence-electron chi connectivity index (χ4n) is 4.91. The molecule has 1 aromatic heterocycles. The lowest BCUT2D eigenvalue weighted by atomic mass is 10.0. The molecule has 0 aliphatic heterocycles. The number of nitrogen functional groups attached to an aromatic ring is 2. The van der Waals surface area contributed by atoms with E-state index in [9.17, 15) is 4.79 Å². The highest BCUT2D eigenvalue weighted by Gasteiger charge is 2.20. The van der Waals surface area contributed by atoms with Crippen molar-refractivity contribution in [3.8, 4) is 0 Å². The summed E-state index contributed by atoms with van der Waals surface area (Å²) in [6, 6.07) is 34.7. The van der Waals surface area contributed by atoms with Crippen LogP contribution in [0.1, 0.15) is 21.6 Å². The Morgan fingerprint density at radius 3 is 2.37 bits per heavy atom. The highest BCUT2D eigenvalue weighted by molar-refractivity contribution is 7.99. The van der Waals surface area contributed by atoms with Gasteiger partial charge in [0.25, 0.3) is 5.91 Å². The van der Waals surface area contributed by atoms with E-state index in [-0.39, 0.29) is 11.7 Å². The second kappa shape index (κ2) is 11.0. The first kappa shape index (κ1) is 26.5. The van der Waals surface area contributed by atoms with Crippen LogP contribution in [0.15, 0.2) is 119 Å². The van der Waals surface area contributed by atoms with Gasteiger partial charge in [-0.1, -0.05) is 78.0 Å². The number of rotatable bonds is 7. The lowest BCUT2D eigenvalue weighted by molar-refractivity contribution is 0.101. The van der Waals surface area contributed by atoms with Gasteiger partial charge in [0.05, 0.1) is 11.6 Å². The van der Waals surface area contributed by atoms with Crippen LogP contribution in [0.5, 0.6) is 0 Å².